The molecule has 3 aromatic carbocycles. The zero-order valence-corrected chi connectivity index (χ0v) is 16.5. The Kier molecular flexibility index (Phi) is 6.76. The molecule has 0 aromatic heterocycles. The number of benzene rings is 3. The Hall–Kier alpha value is -3.44. The first-order chi connectivity index (χ1) is 14.0. The van der Waals surface area contributed by atoms with Gasteiger partial charge in [0.15, 0.2) is 0 Å². The number of nitrogens with zero attached hydrogens (tertiary/aromatic N) is 1. The summed E-state index contributed by atoms with van der Waals surface area (Å²) in [6.07, 6.45) is 1.73. The maximum atomic E-state index is 12.1. The average Bonchev–Trinajstić information content (AvgIpc) is 2.71. The molecule has 0 atom stereocenters. The van der Waals surface area contributed by atoms with Crippen molar-refractivity contribution < 1.29 is 14.3 Å². The third-order valence-electron chi connectivity index (χ3n) is 4.06. The van der Waals surface area contributed by atoms with Gasteiger partial charge in [0.25, 0.3) is 0 Å². The summed E-state index contributed by atoms with van der Waals surface area (Å²) >= 11 is 5.82. The number of halogens is 1. The van der Waals surface area contributed by atoms with Crippen LogP contribution in [0.5, 0.6) is 5.75 Å². The number of hydrazone groups is 1. The van der Waals surface area contributed by atoms with E-state index in [0.717, 1.165) is 16.7 Å². The molecule has 0 spiro atoms. The van der Waals surface area contributed by atoms with Gasteiger partial charge in [-0.15, -0.1) is 0 Å². The quantitative estimate of drug-likeness (QED) is 0.282. The summed E-state index contributed by atoms with van der Waals surface area (Å²) in [6.45, 7) is 1.95. The number of carbonyl (C=O) groups excluding carboxylic acids is 2. The molecule has 5 nitrogen and oxygen atoms in total. The van der Waals surface area contributed by atoms with Gasteiger partial charge in [0, 0.05) is 5.02 Å². The average molecular weight is 407 g/mol. The van der Waals surface area contributed by atoms with Crippen LogP contribution in [0.1, 0.15) is 27.0 Å². The molecule has 1 N–H and O–H groups in total. The topological polar surface area (TPSA) is 67.8 Å². The number of ether oxygens (including phenoxy) is 1. The lowest BCUT2D eigenvalue weighted by Crippen LogP contribution is -2.19. The van der Waals surface area contributed by atoms with E-state index in [2.05, 4.69) is 10.5 Å². The summed E-state index contributed by atoms with van der Waals surface area (Å²) in [7, 11) is 0. The molecule has 146 valence electrons. The van der Waals surface area contributed by atoms with Crippen LogP contribution in [0, 0.1) is 6.92 Å². The largest absolute Gasteiger partial charge is 0.423 e. The van der Waals surface area contributed by atoms with E-state index in [1.807, 2.05) is 19.1 Å². The minimum atomic E-state index is -0.416. The molecule has 3 aromatic rings. The lowest BCUT2D eigenvalue weighted by molar-refractivity contribution is -0.120. The molecule has 0 heterocycles. The highest BCUT2D eigenvalue weighted by atomic mass is 35.5. The molecule has 0 unspecified atom stereocenters. The molecular weight excluding hydrogens is 388 g/mol. The standard InChI is InChI=1S/C23H19ClN2O3/c1-16-2-8-19(9-3-16)23(28)29-21-12-6-18(7-13-21)15-25-26-22(27)14-17-4-10-20(24)11-5-17/h2-13,15H,14H2,1H3,(H,26,27)/b25-15-. The van der Waals surface area contributed by atoms with E-state index in [-0.39, 0.29) is 12.3 Å². The number of hydrogen-bond donors (Lipinski definition) is 1. The van der Waals surface area contributed by atoms with Crippen molar-refractivity contribution in [2.75, 3.05) is 0 Å². The van der Waals surface area contributed by atoms with E-state index in [1.54, 1.807) is 60.7 Å². The van der Waals surface area contributed by atoms with E-state index < -0.39 is 5.97 Å². The van der Waals surface area contributed by atoms with Gasteiger partial charge >= 0.3 is 5.97 Å². The molecule has 0 saturated heterocycles. The Balaban J connectivity index is 1.50. The maximum absolute atomic E-state index is 12.1. The van der Waals surface area contributed by atoms with Crippen molar-refractivity contribution in [1.29, 1.82) is 0 Å². The number of amides is 1. The monoisotopic (exact) mass is 406 g/mol. The van der Waals surface area contributed by atoms with Gasteiger partial charge in [0.1, 0.15) is 5.75 Å². The van der Waals surface area contributed by atoms with Crippen LogP contribution >= 0.6 is 11.6 Å². The van der Waals surface area contributed by atoms with Crippen molar-refractivity contribution in [2.24, 2.45) is 5.10 Å². The molecule has 0 saturated carbocycles. The lowest BCUT2D eigenvalue weighted by Gasteiger charge is -2.05. The zero-order chi connectivity index (χ0) is 20.6. The number of rotatable bonds is 6. The molecule has 0 radical (unpaired) electrons. The van der Waals surface area contributed by atoms with Crippen LogP contribution in [0.25, 0.3) is 0 Å². The third kappa shape index (κ3) is 6.30. The lowest BCUT2D eigenvalue weighted by atomic mass is 10.1. The highest BCUT2D eigenvalue weighted by Gasteiger charge is 2.08. The van der Waals surface area contributed by atoms with Crippen LogP contribution in [0.4, 0.5) is 0 Å². The Bertz CT molecular complexity index is 1010. The Morgan fingerprint density at radius 1 is 0.966 bits per heavy atom. The molecule has 0 fully saturated rings. The predicted octanol–water partition coefficient (Wildman–Crippen LogP) is 4.56. The Labute approximate surface area is 174 Å². The summed E-state index contributed by atoms with van der Waals surface area (Å²) in [5.74, 6) is -0.215. The van der Waals surface area contributed by atoms with Crippen LogP contribution < -0.4 is 10.2 Å². The minimum Gasteiger partial charge on any atom is -0.423 e. The summed E-state index contributed by atoms with van der Waals surface area (Å²) in [5.41, 5.74) is 5.65. The first kappa shape index (κ1) is 20.3. The second-order valence-corrected chi connectivity index (χ2v) is 6.86. The van der Waals surface area contributed by atoms with E-state index in [0.29, 0.717) is 16.3 Å². The molecule has 1 amide bonds. The number of esters is 1. The van der Waals surface area contributed by atoms with Crippen molar-refractivity contribution >= 4 is 29.7 Å². The van der Waals surface area contributed by atoms with Crippen molar-refractivity contribution in [3.8, 4) is 5.75 Å². The van der Waals surface area contributed by atoms with Crippen LogP contribution in [0.15, 0.2) is 77.9 Å². The summed E-state index contributed by atoms with van der Waals surface area (Å²) in [5, 5.41) is 4.57. The van der Waals surface area contributed by atoms with Gasteiger partial charge in [-0.1, -0.05) is 41.4 Å². The highest BCUT2D eigenvalue weighted by Crippen LogP contribution is 2.14. The van der Waals surface area contributed by atoms with Crippen molar-refractivity contribution in [2.45, 2.75) is 13.3 Å². The molecule has 29 heavy (non-hydrogen) atoms. The number of nitrogens with one attached hydrogen (secondary N) is 1. The fourth-order valence-electron chi connectivity index (χ4n) is 2.48. The number of aryl methyl sites for hydroxylation is 1. The van der Waals surface area contributed by atoms with E-state index in [4.69, 9.17) is 16.3 Å². The number of carbonyl (C=O) groups is 2. The van der Waals surface area contributed by atoms with E-state index in [9.17, 15) is 9.59 Å². The van der Waals surface area contributed by atoms with Crippen LogP contribution in [0.3, 0.4) is 0 Å². The predicted molar refractivity (Wildman–Crippen MR) is 113 cm³/mol. The van der Waals surface area contributed by atoms with E-state index in [1.165, 1.54) is 6.21 Å². The van der Waals surface area contributed by atoms with Crippen LogP contribution in [0.2, 0.25) is 5.02 Å². The first-order valence-corrected chi connectivity index (χ1v) is 9.33. The molecule has 0 aliphatic carbocycles. The molecule has 6 heteroatoms. The minimum absolute atomic E-state index is 0.211. The third-order valence-corrected chi connectivity index (χ3v) is 4.31. The molecule has 3 rings (SSSR count). The Morgan fingerprint density at radius 3 is 2.28 bits per heavy atom. The second-order valence-electron chi connectivity index (χ2n) is 6.42. The van der Waals surface area contributed by atoms with Gasteiger partial charge in [0.2, 0.25) is 5.91 Å². The van der Waals surface area contributed by atoms with Gasteiger partial charge in [-0.05, 0) is 66.6 Å². The van der Waals surface area contributed by atoms with Gasteiger partial charge in [0.05, 0.1) is 18.2 Å². The second kappa shape index (κ2) is 9.66. The van der Waals surface area contributed by atoms with Gasteiger partial charge in [-0.2, -0.15) is 5.10 Å². The number of hydrogen-bond acceptors (Lipinski definition) is 4. The normalized spacial score (nSPS) is 10.7. The zero-order valence-electron chi connectivity index (χ0n) is 15.8. The Morgan fingerprint density at radius 2 is 1.62 bits per heavy atom. The van der Waals surface area contributed by atoms with E-state index >= 15 is 0 Å². The van der Waals surface area contributed by atoms with Gasteiger partial charge in [-0.3, -0.25) is 4.79 Å². The van der Waals surface area contributed by atoms with Gasteiger partial charge in [-0.25, -0.2) is 10.2 Å². The van der Waals surface area contributed by atoms with Crippen molar-refractivity contribution in [3.63, 3.8) is 0 Å². The first-order valence-electron chi connectivity index (χ1n) is 8.95. The fraction of sp³-hybridized carbons (Fsp3) is 0.0870. The van der Waals surface area contributed by atoms with Gasteiger partial charge < -0.3 is 4.74 Å². The molecule has 0 aliphatic heterocycles. The van der Waals surface area contributed by atoms with Crippen LogP contribution in [-0.4, -0.2) is 18.1 Å². The van der Waals surface area contributed by atoms with Crippen molar-refractivity contribution in [1.82, 2.24) is 5.43 Å². The summed E-state index contributed by atoms with van der Waals surface area (Å²) in [4.78, 5) is 24.0. The summed E-state index contributed by atoms with van der Waals surface area (Å²) in [6, 6.07) is 21.1. The fourth-order valence-corrected chi connectivity index (χ4v) is 2.61. The molecular formula is C23H19ClN2O3. The SMILES string of the molecule is Cc1ccc(C(=O)Oc2ccc(/C=N\NC(=O)Cc3ccc(Cl)cc3)cc2)cc1. The molecule has 0 bridgehead atoms. The van der Waals surface area contributed by atoms with Crippen molar-refractivity contribution in [3.05, 3.63) is 100 Å². The summed E-state index contributed by atoms with van der Waals surface area (Å²) < 4.78 is 5.35. The highest BCUT2D eigenvalue weighted by molar-refractivity contribution is 6.30. The maximum Gasteiger partial charge on any atom is 0.343 e. The smallest absolute Gasteiger partial charge is 0.343 e. The molecule has 0 aliphatic rings. The van der Waals surface area contributed by atoms with Crippen LogP contribution in [-0.2, 0) is 11.2 Å².